The van der Waals surface area contributed by atoms with Crippen molar-refractivity contribution < 1.29 is 27.2 Å². The third-order valence-electron chi connectivity index (χ3n) is 3.37. The van der Waals surface area contributed by atoms with Crippen LogP contribution in [0, 0.1) is 0 Å². The Hall–Kier alpha value is -2.65. The van der Waals surface area contributed by atoms with Gasteiger partial charge in [-0.25, -0.2) is 17.9 Å². The monoisotopic (exact) mass is 366 g/mol. The summed E-state index contributed by atoms with van der Waals surface area (Å²) in [5, 5.41) is 0. The molecule has 0 fully saturated rings. The van der Waals surface area contributed by atoms with E-state index in [4.69, 9.17) is 9.15 Å². The molecule has 1 heterocycles. The summed E-state index contributed by atoms with van der Waals surface area (Å²) >= 11 is 0. The highest BCUT2D eigenvalue weighted by Crippen LogP contribution is 2.12. The van der Waals surface area contributed by atoms with E-state index in [-0.39, 0.29) is 17.0 Å². The van der Waals surface area contributed by atoms with E-state index in [1.165, 1.54) is 42.5 Å². The van der Waals surface area contributed by atoms with Crippen molar-refractivity contribution in [1.82, 2.24) is 9.62 Å². The van der Waals surface area contributed by atoms with Gasteiger partial charge >= 0.3 is 5.97 Å². The van der Waals surface area contributed by atoms with E-state index in [0.29, 0.717) is 5.76 Å². The lowest BCUT2D eigenvalue weighted by Gasteiger charge is -2.15. The van der Waals surface area contributed by atoms with Crippen LogP contribution in [-0.2, 0) is 26.1 Å². The highest BCUT2D eigenvalue weighted by Gasteiger charge is 2.17. The summed E-state index contributed by atoms with van der Waals surface area (Å²) in [5.74, 6) is -0.594. The number of amides is 1. The Morgan fingerprint density at radius 2 is 2.00 bits per heavy atom. The van der Waals surface area contributed by atoms with Crippen LogP contribution in [0.15, 0.2) is 52.0 Å². The number of sulfonamides is 1. The molecule has 0 unspecified atom stereocenters. The number of hydrogen-bond donors (Lipinski definition) is 1. The first-order valence-electron chi connectivity index (χ1n) is 7.30. The van der Waals surface area contributed by atoms with E-state index < -0.39 is 28.5 Å². The largest absolute Gasteiger partial charge is 0.467 e. The number of furan rings is 1. The second-order valence-electron chi connectivity index (χ2n) is 5.14. The van der Waals surface area contributed by atoms with Crippen LogP contribution < -0.4 is 4.72 Å². The lowest BCUT2D eigenvalue weighted by molar-refractivity contribution is -0.133. The van der Waals surface area contributed by atoms with E-state index in [9.17, 15) is 18.0 Å². The molecule has 0 spiro atoms. The van der Waals surface area contributed by atoms with Gasteiger partial charge in [-0.05, 0) is 37.4 Å². The lowest BCUT2D eigenvalue weighted by Crippen LogP contribution is -2.30. The Bertz CT molecular complexity index is 845. The lowest BCUT2D eigenvalue weighted by atomic mass is 10.2. The highest BCUT2D eigenvalue weighted by molar-refractivity contribution is 7.89. The Labute approximate surface area is 145 Å². The predicted molar refractivity (Wildman–Crippen MR) is 88.2 cm³/mol. The molecule has 0 aliphatic carbocycles. The summed E-state index contributed by atoms with van der Waals surface area (Å²) in [6.07, 6.45) is 1.50. The summed E-state index contributed by atoms with van der Waals surface area (Å²) in [4.78, 5) is 25.3. The van der Waals surface area contributed by atoms with Crippen molar-refractivity contribution in [3.05, 3.63) is 54.0 Å². The summed E-state index contributed by atoms with van der Waals surface area (Å²) in [7, 11) is -0.845. The van der Waals surface area contributed by atoms with Gasteiger partial charge in [0.2, 0.25) is 10.0 Å². The number of nitrogens with zero attached hydrogens (tertiary/aromatic N) is 1. The molecule has 1 aromatic heterocycles. The number of likely N-dealkylation sites (N-methyl/N-ethyl adjacent to an activating group) is 1. The number of hydrogen-bond acceptors (Lipinski definition) is 6. The molecule has 9 heteroatoms. The maximum Gasteiger partial charge on any atom is 0.338 e. The van der Waals surface area contributed by atoms with Gasteiger partial charge in [0.15, 0.2) is 6.61 Å². The quantitative estimate of drug-likeness (QED) is 0.733. The molecule has 8 nitrogen and oxygen atoms in total. The number of benzene rings is 1. The molecule has 0 aliphatic rings. The van der Waals surface area contributed by atoms with E-state index in [0.717, 1.165) is 0 Å². The zero-order chi connectivity index (χ0) is 18.4. The molecular weight excluding hydrogens is 348 g/mol. The molecule has 25 heavy (non-hydrogen) atoms. The second kappa shape index (κ2) is 7.95. The first kappa shape index (κ1) is 18.7. The highest BCUT2D eigenvalue weighted by atomic mass is 32.2. The van der Waals surface area contributed by atoms with Gasteiger partial charge < -0.3 is 14.1 Å². The standard InChI is InChI=1S/C16H18N2O6S/c1-17-25(21,22)14-7-3-5-12(9-14)16(20)24-11-15(19)18(2)10-13-6-4-8-23-13/h3-9,17H,10-11H2,1-2H3. The van der Waals surface area contributed by atoms with Gasteiger partial charge in [0.05, 0.1) is 23.3 Å². The third-order valence-corrected chi connectivity index (χ3v) is 4.79. The van der Waals surface area contributed by atoms with Crippen molar-refractivity contribution in [2.45, 2.75) is 11.4 Å². The van der Waals surface area contributed by atoms with Crippen molar-refractivity contribution in [2.75, 3.05) is 20.7 Å². The zero-order valence-electron chi connectivity index (χ0n) is 13.8. The molecule has 1 aromatic carbocycles. The fraction of sp³-hybridized carbons (Fsp3) is 0.250. The van der Waals surface area contributed by atoms with Gasteiger partial charge in [-0.15, -0.1) is 0 Å². The molecule has 0 radical (unpaired) electrons. The Morgan fingerprint density at radius 3 is 2.64 bits per heavy atom. The number of ether oxygens (including phenoxy) is 1. The van der Waals surface area contributed by atoms with Crippen LogP contribution in [0.1, 0.15) is 16.1 Å². The van der Waals surface area contributed by atoms with Gasteiger partial charge in [0.25, 0.3) is 5.91 Å². The van der Waals surface area contributed by atoms with E-state index in [2.05, 4.69) is 4.72 Å². The molecule has 1 N–H and O–H groups in total. The van der Waals surface area contributed by atoms with Gasteiger partial charge in [0, 0.05) is 7.05 Å². The van der Waals surface area contributed by atoms with Crippen molar-refractivity contribution in [2.24, 2.45) is 0 Å². The van der Waals surface area contributed by atoms with Crippen LogP contribution in [0.4, 0.5) is 0 Å². The minimum Gasteiger partial charge on any atom is -0.467 e. The maximum atomic E-state index is 12.0. The summed E-state index contributed by atoms with van der Waals surface area (Å²) in [5.41, 5.74) is 0.0396. The average molecular weight is 366 g/mol. The van der Waals surface area contributed by atoms with Gasteiger partial charge in [0.1, 0.15) is 5.76 Å². The zero-order valence-corrected chi connectivity index (χ0v) is 14.6. The van der Waals surface area contributed by atoms with Crippen LogP contribution in [0.5, 0.6) is 0 Å². The predicted octanol–water partition coefficient (Wildman–Crippen LogP) is 1.00. The van der Waals surface area contributed by atoms with Crippen LogP contribution in [0.25, 0.3) is 0 Å². The van der Waals surface area contributed by atoms with E-state index >= 15 is 0 Å². The van der Waals surface area contributed by atoms with Crippen molar-refractivity contribution in [3.63, 3.8) is 0 Å². The van der Waals surface area contributed by atoms with E-state index in [1.807, 2.05) is 0 Å². The fourth-order valence-corrected chi connectivity index (χ4v) is 2.73. The van der Waals surface area contributed by atoms with Gasteiger partial charge in [-0.2, -0.15) is 0 Å². The molecule has 0 saturated carbocycles. The Kier molecular flexibility index (Phi) is 5.94. The first-order chi connectivity index (χ1) is 11.8. The van der Waals surface area contributed by atoms with Gasteiger partial charge in [-0.3, -0.25) is 4.79 Å². The minimum atomic E-state index is -3.67. The molecule has 1 amide bonds. The summed E-state index contributed by atoms with van der Waals surface area (Å²) in [6.45, 7) is -0.210. The van der Waals surface area contributed by atoms with Crippen LogP contribution >= 0.6 is 0 Å². The van der Waals surface area contributed by atoms with E-state index in [1.54, 1.807) is 19.2 Å². The third kappa shape index (κ3) is 4.91. The van der Waals surface area contributed by atoms with Crippen LogP contribution in [0.2, 0.25) is 0 Å². The number of rotatable bonds is 7. The molecule has 2 rings (SSSR count). The average Bonchev–Trinajstić information content (AvgIpc) is 3.12. The minimum absolute atomic E-state index is 0.0396. The fourth-order valence-electron chi connectivity index (χ4n) is 1.95. The van der Waals surface area contributed by atoms with Gasteiger partial charge in [-0.1, -0.05) is 6.07 Å². The SMILES string of the molecule is CNS(=O)(=O)c1cccc(C(=O)OCC(=O)N(C)Cc2ccco2)c1. The number of nitrogens with one attached hydrogen (secondary N) is 1. The molecule has 0 aliphatic heterocycles. The number of carbonyl (C=O) groups excluding carboxylic acids is 2. The molecular formula is C16H18N2O6S. The molecule has 0 atom stereocenters. The van der Waals surface area contributed by atoms with Crippen molar-refractivity contribution in [3.8, 4) is 0 Å². The topological polar surface area (TPSA) is 106 Å². The van der Waals surface area contributed by atoms with Crippen molar-refractivity contribution >= 4 is 21.9 Å². The maximum absolute atomic E-state index is 12.0. The molecule has 2 aromatic rings. The second-order valence-corrected chi connectivity index (χ2v) is 7.03. The molecule has 0 bridgehead atoms. The smallest absolute Gasteiger partial charge is 0.338 e. The van der Waals surface area contributed by atoms with Crippen LogP contribution in [-0.4, -0.2) is 45.9 Å². The number of esters is 1. The molecule has 0 saturated heterocycles. The van der Waals surface area contributed by atoms with Crippen molar-refractivity contribution in [1.29, 1.82) is 0 Å². The Morgan fingerprint density at radius 1 is 1.24 bits per heavy atom. The number of carbonyl (C=O) groups is 2. The Balaban J connectivity index is 1.96. The summed E-state index contributed by atoms with van der Waals surface area (Å²) < 4.78 is 35.8. The molecule has 134 valence electrons. The summed E-state index contributed by atoms with van der Waals surface area (Å²) in [6, 6.07) is 8.80. The normalized spacial score (nSPS) is 11.1. The first-order valence-corrected chi connectivity index (χ1v) is 8.79. The van der Waals surface area contributed by atoms with Crippen LogP contribution in [0.3, 0.4) is 0 Å².